The maximum absolute atomic E-state index is 14.0. The van der Waals surface area contributed by atoms with Crippen LogP contribution in [0.3, 0.4) is 0 Å². The monoisotopic (exact) mass is 564 g/mol. The molecule has 5 rings (SSSR count). The number of halogens is 1. The van der Waals surface area contributed by atoms with Crippen LogP contribution in [0, 0.1) is 11.7 Å². The number of ether oxygens (including phenoxy) is 2. The van der Waals surface area contributed by atoms with E-state index in [0.717, 1.165) is 11.2 Å². The standard InChI is InChI=1S/C28H29FN6O4S/c1-18(2)11-12-30-28(37)26(24-4-3-15-40-24)35(21-9-10-22-23(16-21)39-14-13-38-22)25(36)17-34-32-27(31-33-34)19-5-7-20(29)8-6-19/h3-10,15-16,18,26H,11-14,17H2,1-2H3,(H,30,37)/t26-/m0/s1. The van der Waals surface area contributed by atoms with Gasteiger partial charge >= 0.3 is 0 Å². The van der Waals surface area contributed by atoms with Crippen LogP contribution in [-0.2, 0) is 16.1 Å². The van der Waals surface area contributed by atoms with E-state index in [1.165, 1.54) is 40.5 Å². The van der Waals surface area contributed by atoms with Gasteiger partial charge in [0.25, 0.3) is 5.91 Å². The molecule has 2 aromatic heterocycles. The smallest absolute Gasteiger partial charge is 0.251 e. The molecule has 0 saturated carbocycles. The van der Waals surface area contributed by atoms with Crippen LogP contribution in [0.2, 0.25) is 0 Å². The van der Waals surface area contributed by atoms with Crippen molar-refractivity contribution >= 4 is 28.8 Å². The predicted molar refractivity (Wildman–Crippen MR) is 148 cm³/mol. The molecule has 10 nitrogen and oxygen atoms in total. The molecule has 0 unspecified atom stereocenters. The predicted octanol–water partition coefficient (Wildman–Crippen LogP) is 4.25. The maximum atomic E-state index is 14.0. The van der Waals surface area contributed by atoms with E-state index in [0.29, 0.717) is 53.3 Å². The lowest BCUT2D eigenvalue weighted by Gasteiger charge is -2.31. The number of amides is 2. The summed E-state index contributed by atoms with van der Waals surface area (Å²) in [6.07, 6.45) is 0.801. The summed E-state index contributed by atoms with van der Waals surface area (Å²) in [5.41, 5.74) is 1.02. The molecule has 1 aliphatic rings. The van der Waals surface area contributed by atoms with E-state index in [2.05, 4.69) is 34.6 Å². The van der Waals surface area contributed by atoms with Crippen LogP contribution in [0.5, 0.6) is 11.5 Å². The molecule has 2 aromatic carbocycles. The first kappa shape index (κ1) is 27.3. The average molecular weight is 565 g/mol. The number of hydrogen-bond donors (Lipinski definition) is 1. The lowest BCUT2D eigenvalue weighted by atomic mass is 10.1. The number of carbonyl (C=O) groups is 2. The van der Waals surface area contributed by atoms with E-state index in [9.17, 15) is 14.0 Å². The lowest BCUT2D eigenvalue weighted by Crippen LogP contribution is -2.45. The topological polar surface area (TPSA) is 111 Å². The number of benzene rings is 2. The molecule has 1 atom stereocenters. The molecule has 0 aliphatic carbocycles. The largest absolute Gasteiger partial charge is 0.486 e. The number of nitrogens with zero attached hydrogens (tertiary/aromatic N) is 5. The van der Waals surface area contributed by atoms with Crippen LogP contribution in [0.15, 0.2) is 60.0 Å². The molecular formula is C28H29FN6O4S. The van der Waals surface area contributed by atoms with E-state index in [1.807, 2.05) is 17.5 Å². The van der Waals surface area contributed by atoms with Gasteiger partial charge < -0.3 is 14.8 Å². The molecule has 40 heavy (non-hydrogen) atoms. The molecule has 2 amide bonds. The van der Waals surface area contributed by atoms with Gasteiger partial charge in [-0.25, -0.2) is 4.39 Å². The van der Waals surface area contributed by atoms with Gasteiger partial charge in [-0.3, -0.25) is 14.5 Å². The van der Waals surface area contributed by atoms with Crippen molar-refractivity contribution in [2.75, 3.05) is 24.7 Å². The summed E-state index contributed by atoms with van der Waals surface area (Å²) in [6.45, 7) is 5.17. The quantitative estimate of drug-likeness (QED) is 0.307. The molecule has 0 saturated heterocycles. The van der Waals surface area contributed by atoms with Crippen molar-refractivity contribution < 1.29 is 23.5 Å². The number of tetrazole rings is 1. The number of fused-ring (bicyclic) bond motifs is 1. The van der Waals surface area contributed by atoms with Gasteiger partial charge in [0.15, 0.2) is 11.5 Å². The Morgan fingerprint density at radius 2 is 1.88 bits per heavy atom. The van der Waals surface area contributed by atoms with Crippen molar-refractivity contribution in [3.05, 3.63) is 70.7 Å². The van der Waals surface area contributed by atoms with Crippen LogP contribution >= 0.6 is 11.3 Å². The fraction of sp³-hybridized carbons (Fsp3) is 0.321. The minimum atomic E-state index is -0.942. The number of aromatic nitrogens is 4. The van der Waals surface area contributed by atoms with E-state index in [-0.39, 0.29) is 24.1 Å². The van der Waals surface area contributed by atoms with Gasteiger partial charge in [0.2, 0.25) is 11.7 Å². The maximum Gasteiger partial charge on any atom is 0.251 e. The van der Waals surface area contributed by atoms with E-state index >= 15 is 0 Å². The zero-order valence-corrected chi connectivity index (χ0v) is 22.9. The van der Waals surface area contributed by atoms with Crippen LogP contribution in [0.25, 0.3) is 11.4 Å². The van der Waals surface area contributed by atoms with Gasteiger partial charge in [-0.1, -0.05) is 19.9 Å². The zero-order chi connectivity index (χ0) is 28.1. The molecule has 12 heteroatoms. The third kappa shape index (κ3) is 6.28. The Labute approximate surface area is 234 Å². The number of anilines is 1. The highest BCUT2D eigenvalue weighted by atomic mass is 32.1. The van der Waals surface area contributed by atoms with E-state index in [1.54, 1.807) is 18.2 Å². The highest BCUT2D eigenvalue weighted by molar-refractivity contribution is 7.10. The molecule has 0 spiro atoms. The molecule has 1 N–H and O–H groups in total. The van der Waals surface area contributed by atoms with Gasteiger partial charge in [0.1, 0.15) is 31.6 Å². The fourth-order valence-electron chi connectivity index (χ4n) is 4.24. The Balaban J connectivity index is 1.48. The van der Waals surface area contributed by atoms with Crippen molar-refractivity contribution in [1.82, 2.24) is 25.5 Å². The molecule has 3 heterocycles. The third-order valence-electron chi connectivity index (χ3n) is 6.24. The summed E-state index contributed by atoms with van der Waals surface area (Å²) in [5.74, 6) is 0.599. The zero-order valence-electron chi connectivity index (χ0n) is 22.1. The summed E-state index contributed by atoms with van der Waals surface area (Å²) >= 11 is 1.39. The number of nitrogens with one attached hydrogen (secondary N) is 1. The Hall–Kier alpha value is -4.32. The van der Waals surface area contributed by atoms with Gasteiger partial charge in [0.05, 0.1) is 0 Å². The summed E-state index contributed by atoms with van der Waals surface area (Å²) < 4.78 is 24.8. The Kier molecular flexibility index (Phi) is 8.34. The molecule has 208 valence electrons. The van der Waals surface area contributed by atoms with Crippen molar-refractivity contribution in [3.8, 4) is 22.9 Å². The van der Waals surface area contributed by atoms with Gasteiger partial charge in [0, 0.05) is 28.7 Å². The van der Waals surface area contributed by atoms with Crippen LogP contribution in [0.1, 0.15) is 31.2 Å². The SMILES string of the molecule is CC(C)CCNC(=O)[C@H](c1cccs1)N(C(=O)Cn1nnc(-c2ccc(F)cc2)n1)c1ccc2c(c1)OCCO2. The Morgan fingerprint density at radius 3 is 2.60 bits per heavy atom. The molecule has 4 aromatic rings. The first-order valence-electron chi connectivity index (χ1n) is 13.0. The molecular weight excluding hydrogens is 535 g/mol. The molecule has 0 fully saturated rings. The van der Waals surface area contributed by atoms with Crippen LogP contribution in [0.4, 0.5) is 10.1 Å². The number of hydrogen-bond acceptors (Lipinski definition) is 8. The molecule has 1 aliphatic heterocycles. The van der Waals surface area contributed by atoms with Gasteiger partial charge in [-0.05, 0) is 65.4 Å². The molecule has 0 radical (unpaired) electrons. The fourth-order valence-corrected chi connectivity index (χ4v) is 5.05. The normalized spacial score (nSPS) is 13.2. The first-order valence-corrected chi connectivity index (χ1v) is 13.8. The van der Waals surface area contributed by atoms with Crippen molar-refractivity contribution in [2.45, 2.75) is 32.9 Å². The highest BCUT2D eigenvalue weighted by Crippen LogP contribution is 2.38. The second-order valence-electron chi connectivity index (χ2n) is 9.63. The number of carbonyl (C=O) groups excluding carboxylic acids is 2. The summed E-state index contributed by atoms with van der Waals surface area (Å²) in [6, 6.07) is 13.6. The van der Waals surface area contributed by atoms with E-state index < -0.39 is 11.9 Å². The Morgan fingerprint density at radius 1 is 1.10 bits per heavy atom. The van der Waals surface area contributed by atoms with E-state index in [4.69, 9.17) is 9.47 Å². The summed E-state index contributed by atoms with van der Waals surface area (Å²) in [7, 11) is 0. The lowest BCUT2D eigenvalue weighted by molar-refractivity contribution is -0.127. The van der Waals surface area contributed by atoms with Crippen LogP contribution < -0.4 is 19.7 Å². The number of rotatable bonds is 10. The second kappa shape index (κ2) is 12.2. The van der Waals surface area contributed by atoms with Gasteiger partial charge in [-0.2, -0.15) is 4.80 Å². The van der Waals surface area contributed by atoms with Crippen LogP contribution in [-0.4, -0.2) is 51.8 Å². The Bertz CT molecular complexity index is 1460. The second-order valence-corrected chi connectivity index (χ2v) is 10.6. The van der Waals surface area contributed by atoms with Crippen molar-refractivity contribution in [1.29, 1.82) is 0 Å². The summed E-state index contributed by atoms with van der Waals surface area (Å²) in [5, 5.41) is 17.2. The first-order chi connectivity index (χ1) is 19.4. The molecule has 0 bridgehead atoms. The average Bonchev–Trinajstić information content (AvgIpc) is 3.64. The minimum absolute atomic E-state index is 0.250. The summed E-state index contributed by atoms with van der Waals surface area (Å²) in [4.78, 5) is 31.0. The number of thiophene rings is 1. The third-order valence-corrected chi connectivity index (χ3v) is 7.17. The van der Waals surface area contributed by atoms with Crippen molar-refractivity contribution in [3.63, 3.8) is 0 Å². The highest BCUT2D eigenvalue weighted by Gasteiger charge is 2.34. The van der Waals surface area contributed by atoms with Crippen molar-refractivity contribution in [2.24, 2.45) is 5.92 Å². The van der Waals surface area contributed by atoms with Gasteiger partial charge in [-0.15, -0.1) is 21.5 Å². The minimum Gasteiger partial charge on any atom is -0.486 e.